The number of piperidine rings is 1. The van der Waals surface area contributed by atoms with Gasteiger partial charge in [-0.15, -0.1) is 5.10 Å². The molecule has 3 aliphatic heterocycles. The Morgan fingerprint density at radius 3 is 2.43 bits per heavy atom. The maximum Gasteiger partial charge on any atom is 0.414 e. The number of cyclic esters (lactones) is 1. The Bertz CT molecular complexity index is 1810. The highest BCUT2D eigenvalue weighted by molar-refractivity contribution is 5.90. The van der Waals surface area contributed by atoms with Crippen LogP contribution in [0.5, 0.6) is 0 Å². The summed E-state index contributed by atoms with van der Waals surface area (Å²) in [6.07, 6.45) is 0.821. The number of anilines is 1. The first-order chi connectivity index (χ1) is 23.3. The van der Waals surface area contributed by atoms with Crippen LogP contribution in [0.3, 0.4) is 0 Å². The van der Waals surface area contributed by atoms with Crippen LogP contribution in [0, 0.1) is 34.8 Å². The molecule has 13 nitrogen and oxygen atoms in total. The number of nitriles is 1. The van der Waals surface area contributed by atoms with Crippen LogP contribution in [0.1, 0.15) is 32.9 Å². The Balaban J connectivity index is 1.02. The molecule has 0 N–H and O–H groups in total. The summed E-state index contributed by atoms with van der Waals surface area (Å²) in [6, 6.07) is 6.50. The van der Waals surface area contributed by atoms with Crippen LogP contribution in [0.15, 0.2) is 42.9 Å². The molecule has 16 heteroatoms. The molecule has 1 aromatic carbocycles. The highest BCUT2D eigenvalue weighted by Gasteiger charge is 2.71. The Labute approximate surface area is 279 Å². The van der Waals surface area contributed by atoms with E-state index in [1.54, 1.807) is 37.9 Å². The first-order valence-corrected chi connectivity index (χ1v) is 15.9. The van der Waals surface area contributed by atoms with Crippen LogP contribution in [0.25, 0.3) is 11.1 Å². The Morgan fingerprint density at radius 2 is 1.84 bits per heavy atom. The van der Waals surface area contributed by atoms with E-state index in [0.29, 0.717) is 5.69 Å². The smallest absolute Gasteiger partial charge is 0.414 e. The topological polar surface area (TPSA) is 147 Å². The van der Waals surface area contributed by atoms with E-state index >= 15 is 8.78 Å². The molecule has 3 amide bonds. The van der Waals surface area contributed by atoms with E-state index in [9.17, 15) is 24.0 Å². The largest absolute Gasteiger partial charge is 0.444 e. The minimum absolute atomic E-state index is 0.00313. The molecule has 5 heterocycles. The van der Waals surface area contributed by atoms with Gasteiger partial charge in [0.05, 0.1) is 48.8 Å². The zero-order chi connectivity index (χ0) is 34.8. The van der Waals surface area contributed by atoms with Gasteiger partial charge in [-0.2, -0.15) is 5.26 Å². The van der Waals surface area contributed by atoms with Crippen molar-refractivity contribution >= 4 is 23.8 Å². The van der Waals surface area contributed by atoms with E-state index in [4.69, 9.17) is 9.47 Å². The molecule has 2 aromatic heterocycles. The fourth-order valence-corrected chi connectivity index (χ4v) is 7.31. The van der Waals surface area contributed by atoms with Crippen LogP contribution in [0.2, 0.25) is 0 Å². The normalized spacial score (nSPS) is 27.6. The summed E-state index contributed by atoms with van der Waals surface area (Å²) in [5.74, 6) is -2.71. The number of rotatable bonds is 6. The van der Waals surface area contributed by atoms with Gasteiger partial charge in [-0.05, 0) is 39.0 Å². The standard InChI is InChI=1S/C33H33F3N8O5/c1-32(2,3)49-31(47)44-12-19(34)8-26(44)29(45)41-15-22-23(16-41)33(22,17-37)27-5-4-18(11-38-27)28-24(35)9-20(10-25(28)36)43-14-21(48-30(43)46)13-42-7-6-39-40-42/h4-7,9-11,19,21-23,26H,8,12-16H2,1-3H3/t19-,21-,22?,23?,26-,33?/m0/s1. The summed E-state index contributed by atoms with van der Waals surface area (Å²) in [6.45, 7) is 5.58. The maximum absolute atomic E-state index is 15.4. The van der Waals surface area contributed by atoms with Crippen LogP contribution >= 0.6 is 0 Å². The Morgan fingerprint density at radius 1 is 1.12 bits per heavy atom. The third-order valence-electron chi connectivity index (χ3n) is 9.59. The fourth-order valence-electron chi connectivity index (χ4n) is 7.31. The number of hydrogen-bond donors (Lipinski definition) is 0. The van der Waals surface area contributed by atoms with E-state index in [0.717, 1.165) is 21.9 Å². The molecule has 2 unspecified atom stereocenters. The molecule has 4 fully saturated rings. The first kappa shape index (κ1) is 32.4. The molecule has 0 spiro atoms. The minimum Gasteiger partial charge on any atom is -0.444 e. The van der Waals surface area contributed by atoms with E-state index < -0.39 is 59.1 Å². The number of benzene rings is 1. The number of nitrogens with zero attached hydrogens (tertiary/aromatic N) is 8. The molecule has 256 valence electrons. The van der Waals surface area contributed by atoms with Crippen LogP contribution in [-0.2, 0) is 26.2 Å². The third kappa shape index (κ3) is 5.70. The first-order valence-electron chi connectivity index (χ1n) is 15.9. The molecule has 1 aliphatic carbocycles. The molecule has 0 bridgehead atoms. The van der Waals surface area contributed by atoms with Gasteiger partial charge in [0.1, 0.15) is 41.0 Å². The third-order valence-corrected chi connectivity index (χ3v) is 9.59. The van der Waals surface area contributed by atoms with Gasteiger partial charge >= 0.3 is 12.2 Å². The predicted octanol–water partition coefficient (Wildman–Crippen LogP) is 3.84. The van der Waals surface area contributed by atoms with Gasteiger partial charge in [-0.1, -0.05) is 11.3 Å². The second-order valence-corrected chi connectivity index (χ2v) is 13.9. The summed E-state index contributed by atoms with van der Waals surface area (Å²) in [5.41, 5.74) is -1.60. The number of pyridine rings is 1. The van der Waals surface area contributed by atoms with Gasteiger partial charge in [0.15, 0.2) is 0 Å². The van der Waals surface area contributed by atoms with E-state index in [1.165, 1.54) is 23.1 Å². The number of aromatic nitrogens is 4. The number of alkyl halides is 1. The molecule has 5 atom stereocenters. The van der Waals surface area contributed by atoms with Crippen LogP contribution in [-0.4, -0.2) is 98.0 Å². The maximum atomic E-state index is 15.4. The molecule has 1 saturated carbocycles. The van der Waals surface area contributed by atoms with Crippen molar-refractivity contribution in [1.82, 2.24) is 29.8 Å². The number of ether oxygens (including phenoxy) is 2. The lowest BCUT2D eigenvalue weighted by molar-refractivity contribution is -0.135. The van der Waals surface area contributed by atoms with Crippen molar-refractivity contribution in [2.45, 2.75) is 63.1 Å². The molecule has 3 aromatic rings. The van der Waals surface area contributed by atoms with Crippen LogP contribution in [0.4, 0.5) is 28.4 Å². The van der Waals surface area contributed by atoms with E-state index in [1.807, 2.05) is 0 Å². The van der Waals surface area contributed by atoms with Gasteiger partial charge in [0.25, 0.3) is 0 Å². The van der Waals surface area contributed by atoms with Crippen LogP contribution < -0.4 is 4.90 Å². The highest BCUT2D eigenvalue weighted by Crippen LogP contribution is 2.63. The summed E-state index contributed by atoms with van der Waals surface area (Å²) in [5, 5.41) is 17.8. The zero-order valence-corrected chi connectivity index (χ0v) is 26.9. The lowest BCUT2D eigenvalue weighted by Gasteiger charge is -2.31. The van der Waals surface area contributed by atoms with E-state index in [-0.39, 0.29) is 67.8 Å². The van der Waals surface area contributed by atoms with Gasteiger partial charge < -0.3 is 14.4 Å². The summed E-state index contributed by atoms with van der Waals surface area (Å²) in [4.78, 5) is 46.9. The monoisotopic (exact) mass is 678 g/mol. The summed E-state index contributed by atoms with van der Waals surface area (Å²) >= 11 is 0. The molecular formula is C33H33F3N8O5. The lowest BCUT2D eigenvalue weighted by atomic mass is 9.95. The quantitative estimate of drug-likeness (QED) is 0.380. The van der Waals surface area contributed by atoms with E-state index in [2.05, 4.69) is 21.4 Å². The van der Waals surface area contributed by atoms with Crippen molar-refractivity contribution in [3.05, 3.63) is 60.2 Å². The highest BCUT2D eigenvalue weighted by atomic mass is 19.1. The Kier molecular flexibility index (Phi) is 7.75. The number of fused-ring (bicyclic) bond motifs is 1. The molecule has 49 heavy (non-hydrogen) atoms. The molecular weight excluding hydrogens is 645 g/mol. The van der Waals surface area contributed by atoms with Crippen molar-refractivity contribution in [2.75, 3.05) is 31.1 Å². The SMILES string of the molecule is CC(C)(C)OC(=O)N1C[C@@H](F)C[C@H]1C(=O)N1CC2C(C1)C2(C#N)c1ccc(-c2c(F)cc(N3C[C@H](Cn4ccnn4)OC3=O)cc2F)cn1. The van der Waals surface area contributed by atoms with Crippen molar-refractivity contribution in [3.63, 3.8) is 0 Å². The van der Waals surface area contributed by atoms with Crippen molar-refractivity contribution < 1.29 is 37.0 Å². The van der Waals surface area contributed by atoms with Crippen molar-refractivity contribution in [1.29, 1.82) is 5.26 Å². The molecule has 3 saturated heterocycles. The van der Waals surface area contributed by atoms with Gasteiger partial charge in [0.2, 0.25) is 5.91 Å². The average Bonchev–Trinajstić information content (AvgIpc) is 3.67. The Hall–Kier alpha value is -5.20. The average molecular weight is 679 g/mol. The van der Waals surface area contributed by atoms with Gasteiger partial charge in [0, 0.05) is 49.3 Å². The number of hydrogen-bond acceptors (Lipinski definition) is 9. The summed E-state index contributed by atoms with van der Waals surface area (Å²) < 4.78 is 57.4. The number of carbonyl (C=O) groups is 3. The number of likely N-dealkylation sites (tertiary alicyclic amines) is 2. The zero-order valence-electron chi connectivity index (χ0n) is 26.9. The number of halogens is 3. The minimum atomic E-state index is -1.36. The van der Waals surface area contributed by atoms with Gasteiger partial charge in [-0.25, -0.2) is 27.4 Å². The summed E-state index contributed by atoms with van der Waals surface area (Å²) in [7, 11) is 0. The molecule has 0 radical (unpaired) electrons. The second kappa shape index (κ2) is 11.7. The van der Waals surface area contributed by atoms with Crippen molar-refractivity contribution in [2.24, 2.45) is 11.8 Å². The fraction of sp³-hybridized carbons (Fsp3) is 0.485. The molecule has 7 rings (SSSR count). The number of carbonyl (C=O) groups excluding carboxylic acids is 3. The molecule has 4 aliphatic rings. The predicted molar refractivity (Wildman–Crippen MR) is 164 cm³/mol. The lowest BCUT2D eigenvalue weighted by Crippen LogP contribution is -2.49. The number of amides is 3. The van der Waals surface area contributed by atoms with Crippen molar-refractivity contribution in [3.8, 4) is 17.2 Å². The second-order valence-electron chi connectivity index (χ2n) is 13.9. The van der Waals surface area contributed by atoms with Gasteiger partial charge in [-0.3, -0.25) is 19.6 Å².